The van der Waals surface area contributed by atoms with E-state index in [0.717, 1.165) is 18.3 Å². The van der Waals surface area contributed by atoms with E-state index in [2.05, 4.69) is 25.7 Å². The molecule has 1 heterocycles. The highest BCUT2D eigenvalue weighted by Gasteiger charge is 2.26. The number of likely N-dealkylation sites (tertiary alicyclic amines) is 1. The zero-order valence-electron chi connectivity index (χ0n) is 9.29. The average molecular weight is 184 g/mol. The van der Waals surface area contributed by atoms with Crippen LogP contribution >= 0.6 is 0 Å². The number of nitrogens with two attached hydrogens (primary N) is 1. The van der Waals surface area contributed by atoms with E-state index in [1.807, 2.05) is 0 Å². The summed E-state index contributed by atoms with van der Waals surface area (Å²) in [4.78, 5) is 2.56. The molecule has 0 bridgehead atoms. The number of hydrogen-bond acceptors (Lipinski definition) is 2. The normalized spacial score (nSPS) is 27.0. The summed E-state index contributed by atoms with van der Waals surface area (Å²) in [6, 6.07) is 0.428. The van der Waals surface area contributed by atoms with Gasteiger partial charge in [-0.25, -0.2) is 0 Å². The Morgan fingerprint density at radius 1 is 1.46 bits per heavy atom. The lowest BCUT2D eigenvalue weighted by atomic mass is 9.98. The van der Waals surface area contributed by atoms with Crippen LogP contribution in [0.3, 0.4) is 0 Å². The van der Waals surface area contributed by atoms with Crippen molar-refractivity contribution in [3.63, 3.8) is 0 Å². The standard InChI is InChI=1S/C11H24N2/c1-4-11(12)10-5-6-13(8-10)7-9(2)3/h9-11H,4-8,12H2,1-3H3. The Balaban J connectivity index is 2.27. The Kier molecular flexibility index (Phi) is 4.20. The lowest BCUT2D eigenvalue weighted by Crippen LogP contribution is -2.32. The topological polar surface area (TPSA) is 29.3 Å². The van der Waals surface area contributed by atoms with Gasteiger partial charge >= 0.3 is 0 Å². The summed E-state index contributed by atoms with van der Waals surface area (Å²) in [5.74, 6) is 1.54. The number of nitrogens with zero attached hydrogens (tertiary/aromatic N) is 1. The van der Waals surface area contributed by atoms with Crippen LogP contribution in [0.4, 0.5) is 0 Å². The molecule has 1 aliphatic heterocycles. The van der Waals surface area contributed by atoms with Crippen molar-refractivity contribution >= 4 is 0 Å². The predicted molar refractivity (Wildman–Crippen MR) is 57.7 cm³/mol. The van der Waals surface area contributed by atoms with Gasteiger partial charge in [-0.1, -0.05) is 20.8 Å². The molecule has 0 spiro atoms. The molecule has 2 atom stereocenters. The third-order valence-electron chi connectivity index (χ3n) is 3.01. The van der Waals surface area contributed by atoms with E-state index in [-0.39, 0.29) is 0 Å². The average Bonchev–Trinajstić information content (AvgIpc) is 2.50. The molecule has 78 valence electrons. The molecule has 0 saturated carbocycles. The van der Waals surface area contributed by atoms with Crippen molar-refractivity contribution in [2.75, 3.05) is 19.6 Å². The van der Waals surface area contributed by atoms with Crippen LogP contribution < -0.4 is 5.73 Å². The summed E-state index contributed by atoms with van der Waals surface area (Å²) >= 11 is 0. The van der Waals surface area contributed by atoms with Gasteiger partial charge in [0.15, 0.2) is 0 Å². The molecule has 0 amide bonds. The Bertz CT molecular complexity index is 145. The zero-order chi connectivity index (χ0) is 9.84. The minimum Gasteiger partial charge on any atom is -0.327 e. The molecule has 13 heavy (non-hydrogen) atoms. The Morgan fingerprint density at radius 3 is 2.69 bits per heavy atom. The van der Waals surface area contributed by atoms with Crippen LogP contribution in [-0.4, -0.2) is 30.6 Å². The van der Waals surface area contributed by atoms with Crippen molar-refractivity contribution in [2.24, 2.45) is 17.6 Å². The molecular weight excluding hydrogens is 160 g/mol. The van der Waals surface area contributed by atoms with Crippen LogP contribution in [0.5, 0.6) is 0 Å². The molecule has 0 aliphatic carbocycles. The van der Waals surface area contributed by atoms with Crippen LogP contribution in [0, 0.1) is 11.8 Å². The molecule has 0 aromatic carbocycles. The van der Waals surface area contributed by atoms with Crippen molar-refractivity contribution in [1.82, 2.24) is 4.90 Å². The van der Waals surface area contributed by atoms with Gasteiger partial charge in [-0.3, -0.25) is 0 Å². The first kappa shape index (κ1) is 11.0. The maximum atomic E-state index is 6.04. The van der Waals surface area contributed by atoms with Crippen LogP contribution in [0.15, 0.2) is 0 Å². The fourth-order valence-electron chi connectivity index (χ4n) is 2.23. The van der Waals surface area contributed by atoms with Gasteiger partial charge in [0, 0.05) is 19.1 Å². The summed E-state index contributed by atoms with van der Waals surface area (Å²) in [5, 5.41) is 0. The van der Waals surface area contributed by atoms with Crippen LogP contribution in [0.2, 0.25) is 0 Å². The van der Waals surface area contributed by atoms with Gasteiger partial charge in [0.05, 0.1) is 0 Å². The maximum Gasteiger partial charge on any atom is 0.00772 e. The van der Waals surface area contributed by atoms with Gasteiger partial charge in [-0.2, -0.15) is 0 Å². The predicted octanol–water partition coefficient (Wildman–Crippen LogP) is 1.70. The van der Waals surface area contributed by atoms with Crippen molar-refractivity contribution in [1.29, 1.82) is 0 Å². The molecule has 0 aromatic heterocycles. The molecule has 2 unspecified atom stereocenters. The lowest BCUT2D eigenvalue weighted by Gasteiger charge is -2.20. The van der Waals surface area contributed by atoms with Crippen molar-refractivity contribution in [2.45, 2.75) is 39.7 Å². The van der Waals surface area contributed by atoms with E-state index in [9.17, 15) is 0 Å². The second kappa shape index (κ2) is 4.97. The van der Waals surface area contributed by atoms with Gasteiger partial charge in [0.1, 0.15) is 0 Å². The molecule has 2 nitrogen and oxygen atoms in total. The molecule has 1 saturated heterocycles. The molecule has 0 aromatic rings. The Hall–Kier alpha value is -0.0800. The summed E-state index contributed by atoms with van der Waals surface area (Å²) in [6.45, 7) is 10.5. The third kappa shape index (κ3) is 3.28. The van der Waals surface area contributed by atoms with Gasteiger partial charge < -0.3 is 10.6 Å². The molecular formula is C11H24N2. The highest BCUT2D eigenvalue weighted by molar-refractivity contribution is 4.82. The quantitative estimate of drug-likeness (QED) is 0.720. The van der Waals surface area contributed by atoms with E-state index in [0.29, 0.717) is 6.04 Å². The Labute approximate surface area is 82.5 Å². The van der Waals surface area contributed by atoms with Crippen molar-refractivity contribution in [3.8, 4) is 0 Å². The first-order valence-corrected chi connectivity index (χ1v) is 5.61. The third-order valence-corrected chi connectivity index (χ3v) is 3.01. The van der Waals surface area contributed by atoms with Gasteiger partial charge in [0.2, 0.25) is 0 Å². The monoisotopic (exact) mass is 184 g/mol. The second-order valence-corrected chi connectivity index (χ2v) is 4.77. The Morgan fingerprint density at radius 2 is 2.15 bits per heavy atom. The maximum absolute atomic E-state index is 6.04. The lowest BCUT2D eigenvalue weighted by molar-refractivity contribution is 0.278. The van der Waals surface area contributed by atoms with Crippen molar-refractivity contribution < 1.29 is 0 Å². The fourth-order valence-corrected chi connectivity index (χ4v) is 2.23. The minimum atomic E-state index is 0.428. The summed E-state index contributed by atoms with van der Waals surface area (Å²) < 4.78 is 0. The van der Waals surface area contributed by atoms with E-state index < -0.39 is 0 Å². The highest BCUT2D eigenvalue weighted by Crippen LogP contribution is 2.20. The SMILES string of the molecule is CCC(N)C1CCN(CC(C)C)C1. The minimum absolute atomic E-state index is 0.428. The van der Waals surface area contributed by atoms with Crippen LogP contribution in [0.25, 0.3) is 0 Å². The van der Waals surface area contributed by atoms with Gasteiger partial charge in [-0.15, -0.1) is 0 Å². The van der Waals surface area contributed by atoms with E-state index in [4.69, 9.17) is 5.73 Å². The van der Waals surface area contributed by atoms with Crippen molar-refractivity contribution in [3.05, 3.63) is 0 Å². The summed E-state index contributed by atoms with van der Waals surface area (Å²) in [6.07, 6.45) is 2.43. The molecule has 1 fully saturated rings. The largest absolute Gasteiger partial charge is 0.327 e. The molecule has 1 aliphatic rings. The van der Waals surface area contributed by atoms with Gasteiger partial charge in [-0.05, 0) is 31.2 Å². The first-order valence-electron chi connectivity index (χ1n) is 5.61. The van der Waals surface area contributed by atoms with Crippen LogP contribution in [0.1, 0.15) is 33.6 Å². The van der Waals surface area contributed by atoms with Gasteiger partial charge in [0.25, 0.3) is 0 Å². The number of rotatable bonds is 4. The molecule has 2 N–H and O–H groups in total. The molecule has 0 radical (unpaired) electrons. The fraction of sp³-hybridized carbons (Fsp3) is 1.00. The van der Waals surface area contributed by atoms with E-state index >= 15 is 0 Å². The van der Waals surface area contributed by atoms with Crippen LogP contribution in [-0.2, 0) is 0 Å². The van der Waals surface area contributed by atoms with E-state index in [1.54, 1.807) is 0 Å². The smallest absolute Gasteiger partial charge is 0.00772 e. The number of hydrogen-bond donors (Lipinski definition) is 1. The highest BCUT2D eigenvalue weighted by atomic mass is 15.1. The summed E-state index contributed by atoms with van der Waals surface area (Å²) in [7, 11) is 0. The summed E-state index contributed by atoms with van der Waals surface area (Å²) in [5.41, 5.74) is 6.04. The second-order valence-electron chi connectivity index (χ2n) is 4.77. The first-order chi connectivity index (χ1) is 6.13. The van der Waals surface area contributed by atoms with E-state index in [1.165, 1.54) is 26.1 Å². The molecule has 2 heteroatoms. The molecule has 1 rings (SSSR count). The zero-order valence-corrected chi connectivity index (χ0v) is 9.29.